The Hall–Kier alpha value is -0.850. The minimum atomic E-state index is -0.333. The first-order valence-electron chi connectivity index (χ1n) is 1.90. The Labute approximate surface area is 52.9 Å². The summed E-state index contributed by atoms with van der Waals surface area (Å²) in [4.78, 5) is 0. The third-order valence-electron chi connectivity index (χ3n) is 0.204. The van der Waals surface area contributed by atoms with Gasteiger partial charge in [-0.15, -0.1) is 0 Å². The van der Waals surface area contributed by atoms with Crippen LogP contribution in [0, 0.1) is 5.41 Å². The molecule has 1 heterocycles. The molecule has 0 aromatic carbocycles. The fourth-order valence-electron chi connectivity index (χ4n) is 0. The summed E-state index contributed by atoms with van der Waals surface area (Å²) in [5.41, 5.74) is 8.94. The summed E-state index contributed by atoms with van der Waals surface area (Å²) in [6.45, 7) is 2.00. The van der Waals surface area contributed by atoms with Gasteiger partial charge in [-0.2, -0.15) is 0 Å². The Morgan fingerprint density at radius 1 is 1.22 bits per heavy atom. The topological polar surface area (TPSA) is 151 Å². The number of hydrogen-bond acceptors (Lipinski definition) is 2. The maximum absolute atomic E-state index is 6.06. The van der Waals surface area contributed by atoms with Crippen molar-refractivity contribution in [2.75, 3.05) is 13.2 Å². The smallest absolute Gasteiger partial charge is 0.183 e. The van der Waals surface area contributed by atoms with Crippen molar-refractivity contribution in [1.82, 2.24) is 0 Å². The molecule has 1 aliphatic heterocycles. The number of epoxide rings is 1. The molecule has 0 aromatic heterocycles. The second-order valence-corrected chi connectivity index (χ2v) is 1.07. The van der Waals surface area contributed by atoms with Crippen LogP contribution in [0.5, 0.6) is 0 Å². The second-order valence-electron chi connectivity index (χ2n) is 1.07. The number of ether oxygens (including phenoxy) is 1. The third-order valence-corrected chi connectivity index (χ3v) is 0.204. The van der Waals surface area contributed by atoms with Crippen LogP contribution in [0.1, 0.15) is 0 Å². The SMILES string of the molecule is C1CO1.N=C(N)N.O.O. The van der Waals surface area contributed by atoms with E-state index in [9.17, 15) is 0 Å². The average molecular weight is 139 g/mol. The summed E-state index contributed by atoms with van der Waals surface area (Å²) < 4.78 is 4.50. The van der Waals surface area contributed by atoms with E-state index in [-0.39, 0.29) is 16.9 Å². The highest BCUT2D eigenvalue weighted by Crippen LogP contribution is 1.84. The van der Waals surface area contributed by atoms with Gasteiger partial charge in [0, 0.05) is 0 Å². The van der Waals surface area contributed by atoms with Crippen LogP contribution in [0.25, 0.3) is 0 Å². The van der Waals surface area contributed by atoms with Gasteiger partial charge in [0.1, 0.15) is 0 Å². The van der Waals surface area contributed by atoms with Crippen LogP contribution in [0.4, 0.5) is 0 Å². The lowest BCUT2D eigenvalue weighted by Gasteiger charge is -1.69. The maximum Gasteiger partial charge on any atom is 0.183 e. The van der Waals surface area contributed by atoms with Gasteiger partial charge in [0.25, 0.3) is 0 Å². The van der Waals surface area contributed by atoms with Gasteiger partial charge in [0.2, 0.25) is 0 Å². The highest BCUT2D eigenvalue weighted by molar-refractivity contribution is 5.71. The zero-order valence-electron chi connectivity index (χ0n) is 4.98. The van der Waals surface area contributed by atoms with Crippen molar-refractivity contribution in [1.29, 1.82) is 5.41 Å². The lowest BCUT2D eigenvalue weighted by molar-refractivity contribution is 0.475. The van der Waals surface area contributed by atoms with Crippen LogP contribution in [-0.4, -0.2) is 30.1 Å². The van der Waals surface area contributed by atoms with Gasteiger partial charge in [0.15, 0.2) is 5.96 Å². The molecule has 0 spiro atoms. The fraction of sp³-hybridized carbons (Fsp3) is 0.667. The molecule has 6 nitrogen and oxygen atoms in total. The van der Waals surface area contributed by atoms with E-state index < -0.39 is 0 Å². The number of guanidine groups is 1. The predicted molar refractivity (Wildman–Crippen MR) is 34.1 cm³/mol. The molecule has 0 aromatic rings. The third kappa shape index (κ3) is 8430. The molecule has 1 fully saturated rings. The zero-order chi connectivity index (χ0) is 5.70. The average Bonchev–Trinajstić information content (AvgIpc) is 2.02. The molecule has 0 bridgehead atoms. The Morgan fingerprint density at radius 3 is 1.33 bits per heavy atom. The van der Waals surface area contributed by atoms with Crippen molar-refractivity contribution >= 4 is 5.96 Å². The molecular formula is C3H13N3O3. The van der Waals surface area contributed by atoms with Gasteiger partial charge < -0.3 is 27.2 Å². The number of rotatable bonds is 0. The molecule has 0 saturated carbocycles. The van der Waals surface area contributed by atoms with Gasteiger partial charge in [-0.25, -0.2) is 0 Å². The lowest BCUT2D eigenvalue weighted by Crippen LogP contribution is -2.20. The standard InChI is InChI=1S/C2H4O.CH5N3.2H2O/c1-2-3-1;2-1(3)4;;/h1-2H2;(H5,2,3,4);2*1H2. The van der Waals surface area contributed by atoms with Gasteiger partial charge in [-0.05, 0) is 0 Å². The molecule has 0 amide bonds. The van der Waals surface area contributed by atoms with Crippen LogP contribution in [-0.2, 0) is 4.74 Å². The van der Waals surface area contributed by atoms with Crippen molar-refractivity contribution in [2.45, 2.75) is 0 Å². The quantitative estimate of drug-likeness (QED) is 0.189. The minimum Gasteiger partial charge on any atom is -0.412 e. The minimum absolute atomic E-state index is 0. The molecule has 58 valence electrons. The molecule has 0 atom stereocenters. The molecule has 9 heavy (non-hydrogen) atoms. The summed E-state index contributed by atoms with van der Waals surface area (Å²) in [6, 6.07) is 0. The molecule has 9 N–H and O–H groups in total. The second kappa shape index (κ2) is 10.2. The fourth-order valence-corrected chi connectivity index (χ4v) is 0. The number of hydrogen-bond donors (Lipinski definition) is 3. The molecule has 1 aliphatic rings. The zero-order valence-corrected chi connectivity index (χ0v) is 4.98. The summed E-state index contributed by atoms with van der Waals surface area (Å²) in [7, 11) is 0. The molecule has 0 aliphatic carbocycles. The van der Waals surface area contributed by atoms with Crippen LogP contribution < -0.4 is 11.5 Å². The van der Waals surface area contributed by atoms with E-state index in [1.807, 2.05) is 0 Å². The Kier molecular flexibility index (Phi) is 17.8. The van der Waals surface area contributed by atoms with E-state index in [2.05, 4.69) is 16.2 Å². The first-order valence-corrected chi connectivity index (χ1v) is 1.90. The van der Waals surface area contributed by atoms with Crippen molar-refractivity contribution in [3.63, 3.8) is 0 Å². The maximum atomic E-state index is 6.06. The predicted octanol–water partition coefficient (Wildman–Crippen LogP) is -2.79. The van der Waals surface area contributed by atoms with E-state index in [1.54, 1.807) is 0 Å². The molecule has 1 saturated heterocycles. The first kappa shape index (κ1) is 15.7. The molecule has 6 heteroatoms. The number of nitrogens with one attached hydrogen (secondary N) is 1. The Balaban J connectivity index is -0.0000000660. The first-order chi connectivity index (χ1) is 3.23. The highest BCUT2D eigenvalue weighted by atomic mass is 16.6. The molecule has 1 rings (SSSR count). The van der Waals surface area contributed by atoms with Gasteiger partial charge in [-0.1, -0.05) is 0 Å². The Bertz CT molecular complexity index is 58.6. The van der Waals surface area contributed by atoms with E-state index in [0.717, 1.165) is 13.2 Å². The van der Waals surface area contributed by atoms with Gasteiger partial charge in [0.05, 0.1) is 13.2 Å². The van der Waals surface area contributed by atoms with Crippen LogP contribution in [0.15, 0.2) is 0 Å². The molecule has 0 radical (unpaired) electrons. The van der Waals surface area contributed by atoms with Crippen molar-refractivity contribution in [2.24, 2.45) is 11.5 Å². The number of nitrogens with two attached hydrogens (primary N) is 2. The summed E-state index contributed by atoms with van der Waals surface area (Å²) in [5.74, 6) is -0.333. The van der Waals surface area contributed by atoms with Crippen LogP contribution in [0.2, 0.25) is 0 Å². The van der Waals surface area contributed by atoms with Crippen molar-refractivity contribution < 1.29 is 15.7 Å². The van der Waals surface area contributed by atoms with Crippen molar-refractivity contribution in [3.8, 4) is 0 Å². The molecule has 0 unspecified atom stereocenters. The van der Waals surface area contributed by atoms with Gasteiger partial charge >= 0.3 is 0 Å². The van der Waals surface area contributed by atoms with E-state index in [1.165, 1.54) is 0 Å². The van der Waals surface area contributed by atoms with E-state index in [0.29, 0.717) is 0 Å². The normalized spacial score (nSPS) is 10.7. The monoisotopic (exact) mass is 139 g/mol. The summed E-state index contributed by atoms with van der Waals surface area (Å²) in [5, 5.41) is 6.06. The van der Waals surface area contributed by atoms with Crippen LogP contribution in [0.3, 0.4) is 0 Å². The van der Waals surface area contributed by atoms with E-state index in [4.69, 9.17) is 5.41 Å². The molecular weight excluding hydrogens is 126 g/mol. The van der Waals surface area contributed by atoms with Crippen molar-refractivity contribution in [3.05, 3.63) is 0 Å². The van der Waals surface area contributed by atoms with Gasteiger partial charge in [-0.3, -0.25) is 5.41 Å². The summed E-state index contributed by atoms with van der Waals surface area (Å²) >= 11 is 0. The lowest BCUT2D eigenvalue weighted by atomic mass is 11.0. The largest absolute Gasteiger partial charge is 0.412 e. The van der Waals surface area contributed by atoms with Crippen LogP contribution >= 0.6 is 0 Å². The highest BCUT2D eigenvalue weighted by Gasteiger charge is 1.94. The van der Waals surface area contributed by atoms with E-state index >= 15 is 0 Å². The summed E-state index contributed by atoms with van der Waals surface area (Å²) in [6.07, 6.45) is 0. The Morgan fingerprint density at radius 2 is 1.33 bits per heavy atom.